The van der Waals surface area contributed by atoms with E-state index >= 15 is 0 Å². The zero-order chi connectivity index (χ0) is 11.4. The molecular formula is C11H14N4O. The Morgan fingerprint density at radius 2 is 2.19 bits per heavy atom. The fourth-order valence-electron chi connectivity index (χ4n) is 1.48. The highest BCUT2D eigenvalue weighted by molar-refractivity contribution is 5.45. The number of methoxy groups -OCH3 is 1. The number of hydrogen-bond acceptors (Lipinski definition) is 4. The molecular weight excluding hydrogens is 204 g/mol. The second-order valence-corrected chi connectivity index (χ2v) is 3.32. The summed E-state index contributed by atoms with van der Waals surface area (Å²) in [6.07, 6.45) is 2.35. The van der Waals surface area contributed by atoms with Crippen LogP contribution in [0.25, 0.3) is 5.69 Å². The molecule has 5 heteroatoms. The summed E-state index contributed by atoms with van der Waals surface area (Å²) in [6.45, 7) is 0.552. The summed E-state index contributed by atoms with van der Waals surface area (Å²) in [4.78, 5) is 4.17. The van der Waals surface area contributed by atoms with E-state index in [1.807, 2.05) is 24.3 Å². The number of rotatable bonds is 4. The van der Waals surface area contributed by atoms with Crippen molar-refractivity contribution in [2.24, 2.45) is 5.73 Å². The molecule has 1 aromatic carbocycles. The van der Waals surface area contributed by atoms with Gasteiger partial charge in [-0.25, -0.2) is 9.67 Å². The van der Waals surface area contributed by atoms with Crippen molar-refractivity contribution in [1.82, 2.24) is 14.8 Å². The average molecular weight is 218 g/mol. The maximum Gasteiger partial charge on any atom is 0.152 e. The van der Waals surface area contributed by atoms with E-state index in [9.17, 15) is 0 Å². The highest BCUT2D eigenvalue weighted by Gasteiger charge is 2.06. The molecule has 0 saturated heterocycles. The van der Waals surface area contributed by atoms with Crippen molar-refractivity contribution in [1.29, 1.82) is 0 Å². The predicted molar refractivity (Wildman–Crippen MR) is 60.7 cm³/mol. The van der Waals surface area contributed by atoms with Crippen LogP contribution in [0.4, 0.5) is 0 Å². The van der Waals surface area contributed by atoms with Crippen molar-refractivity contribution in [2.45, 2.75) is 6.42 Å². The average Bonchev–Trinajstić information content (AvgIpc) is 2.78. The van der Waals surface area contributed by atoms with E-state index in [0.717, 1.165) is 17.3 Å². The van der Waals surface area contributed by atoms with Crippen LogP contribution >= 0.6 is 0 Å². The second kappa shape index (κ2) is 4.76. The van der Waals surface area contributed by atoms with E-state index in [-0.39, 0.29) is 0 Å². The van der Waals surface area contributed by atoms with Crippen molar-refractivity contribution in [3.05, 3.63) is 36.4 Å². The smallest absolute Gasteiger partial charge is 0.152 e. The number of ether oxygens (including phenoxy) is 1. The summed E-state index contributed by atoms with van der Waals surface area (Å²) >= 11 is 0. The van der Waals surface area contributed by atoms with Gasteiger partial charge < -0.3 is 10.5 Å². The Morgan fingerprint density at radius 3 is 2.94 bits per heavy atom. The van der Waals surface area contributed by atoms with Crippen molar-refractivity contribution in [3.8, 4) is 11.4 Å². The van der Waals surface area contributed by atoms with Crippen molar-refractivity contribution in [2.75, 3.05) is 13.7 Å². The quantitative estimate of drug-likeness (QED) is 0.823. The first kappa shape index (κ1) is 10.6. The van der Waals surface area contributed by atoms with Gasteiger partial charge in [0.15, 0.2) is 5.82 Å². The lowest BCUT2D eigenvalue weighted by atomic mass is 10.3. The number of para-hydroxylation sites is 2. The standard InChI is InChI=1S/C11H14N4O/c1-16-10-5-3-2-4-9(10)15-8-13-11(14-15)6-7-12/h2-5,8H,6-7,12H2,1H3. The van der Waals surface area contributed by atoms with E-state index in [0.29, 0.717) is 13.0 Å². The summed E-state index contributed by atoms with van der Waals surface area (Å²) in [5.74, 6) is 1.51. The molecule has 0 unspecified atom stereocenters. The van der Waals surface area contributed by atoms with Gasteiger partial charge in [0, 0.05) is 6.42 Å². The van der Waals surface area contributed by atoms with Crippen molar-refractivity contribution < 1.29 is 4.74 Å². The van der Waals surface area contributed by atoms with E-state index in [2.05, 4.69) is 10.1 Å². The third kappa shape index (κ3) is 2.04. The number of nitrogens with two attached hydrogens (primary N) is 1. The summed E-state index contributed by atoms with van der Waals surface area (Å²) in [7, 11) is 1.64. The van der Waals surface area contributed by atoms with Crippen molar-refractivity contribution >= 4 is 0 Å². The summed E-state index contributed by atoms with van der Waals surface area (Å²) in [6, 6.07) is 7.67. The van der Waals surface area contributed by atoms with Crippen LogP contribution in [0.5, 0.6) is 5.75 Å². The number of hydrogen-bond donors (Lipinski definition) is 1. The third-order valence-electron chi connectivity index (χ3n) is 2.24. The first-order valence-corrected chi connectivity index (χ1v) is 5.09. The molecule has 1 aromatic heterocycles. The first-order valence-electron chi connectivity index (χ1n) is 5.09. The molecule has 0 aliphatic rings. The molecule has 0 spiro atoms. The molecule has 0 atom stereocenters. The molecule has 0 bridgehead atoms. The molecule has 5 nitrogen and oxygen atoms in total. The van der Waals surface area contributed by atoms with Crippen LogP contribution < -0.4 is 10.5 Å². The summed E-state index contributed by atoms with van der Waals surface area (Å²) in [5.41, 5.74) is 6.33. The van der Waals surface area contributed by atoms with Gasteiger partial charge in [0.2, 0.25) is 0 Å². The van der Waals surface area contributed by atoms with Gasteiger partial charge >= 0.3 is 0 Å². The molecule has 2 aromatic rings. The molecule has 84 valence electrons. The minimum absolute atomic E-state index is 0.552. The fourth-order valence-corrected chi connectivity index (χ4v) is 1.48. The van der Waals surface area contributed by atoms with Crippen molar-refractivity contribution in [3.63, 3.8) is 0 Å². The molecule has 2 N–H and O–H groups in total. The number of aromatic nitrogens is 3. The van der Waals surface area contributed by atoms with Gasteiger partial charge in [-0.1, -0.05) is 12.1 Å². The molecule has 0 radical (unpaired) electrons. The lowest BCUT2D eigenvalue weighted by Crippen LogP contribution is -2.05. The molecule has 1 heterocycles. The maximum absolute atomic E-state index is 5.45. The summed E-state index contributed by atoms with van der Waals surface area (Å²) in [5, 5.41) is 4.32. The zero-order valence-electron chi connectivity index (χ0n) is 9.13. The van der Waals surface area contributed by atoms with Crippen LogP contribution in [0.2, 0.25) is 0 Å². The zero-order valence-corrected chi connectivity index (χ0v) is 9.13. The molecule has 0 amide bonds. The predicted octanol–water partition coefficient (Wildman–Crippen LogP) is 0.777. The van der Waals surface area contributed by atoms with Crippen LogP contribution in [0.1, 0.15) is 5.82 Å². The molecule has 16 heavy (non-hydrogen) atoms. The molecule has 0 saturated carbocycles. The van der Waals surface area contributed by atoms with E-state index in [4.69, 9.17) is 10.5 Å². The minimum atomic E-state index is 0.552. The lowest BCUT2D eigenvalue weighted by Gasteiger charge is -2.06. The largest absolute Gasteiger partial charge is 0.494 e. The van der Waals surface area contributed by atoms with Gasteiger partial charge in [0.1, 0.15) is 17.8 Å². The van der Waals surface area contributed by atoms with E-state index < -0.39 is 0 Å². The molecule has 2 rings (SSSR count). The molecule has 0 aliphatic carbocycles. The number of nitrogens with zero attached hydrogens (tertiary/aromatic N) is 3. The Hall–Kier alpha value is -1.88. The van der Waals surface area contributed by atoms with Crippen LogP contribution in [-0.2, 0) is 6.42 Å². The number of benzene rings is 1. The molecule has 0 aliphatic heterocycles. The molecule has 0 fully saturated rings. The normalized spacial score (nSPS) is 10.4. The minimum Gasteiger partial charge on any atom is -0.494 e. The Bertz CT molecular complexity index is 467. The Kier molecular flexibility index (Phi) is 3.16. The lowest BCUT2D eigenvalue weighted by molar-refractivity contribution is 0.411. The van der Waals surface area contributed by atoms with Crippen LogP contribution in [0, 0.1) is 0 Å². The highest BCUT2D eigenvalue weighted by atomic mass is 16.5. The Morgan fingerprint density at radius 1 is 1.38 bits per heavy atom. The van der Waals surface area contributed by atoms with E-state index in [1.54, 1.807) is 18.1 Å². The SMILES string of the molecule is COc1ccccc1-n1cnc(CCN)n1. The van der Waals surface area contributed by atoms with E-state index in [1.165, 1.54) is 0 Å². The van der Waals surface area contributed by atoms with Crippen LogP contribution in [0.3, 0.4) is 0 Å². The Labute approximate surface area is 93.9 Å². The maximum atomic E-state index is 5.45. The summed E-state index contributed by atoms with van der Waals surface area (Å²) < 4.78 is 6.95. The Balaban J connectivity index is 2.34. The van der Waals surface area contributed by atoms with Gasteiger partial charge in [0.05, 0.1) is 7.11 Å². The van der Waals surface area contributed by atoms with Crippen LogP contribution in [-0.4, -0.2) is 28.4 Å². The third-order valence-corrected chi connectivity index (χ3v) is 2.24. The second-order valence-electron chi connectivity index (χ2n) is 3.32. The van der Waals surface area contributed by atoms with Gasteiger partial charge in [0.25, 0.3) is 0 Å². The highest BCUT2D eigenvalue weighted by Crippen LogP contribution is 2.20. The van der Waals surface area contributed by atoms with Gasteiger partial charge in [-0.05, 0) is 18.7 Å². The van der Waals surface area contributed by atoms with Crippen LogP contribution in [0.15, 0.2) is 30.6 Å². The fraction of sp³-hybridized carbons (Fsp3) is 0.273. The van der Waals surface area contributed by atoms with Gasteiger partial charge in [-0.15, -0.1) is 0 Å². The van der Waals surface area contributed by atoms with Gasteiger partial charge in [-0.2, -0.15) is 5.10 Å². The van der Waals surface area contributed by atoms with Gasteiger partial charge in [-0.3, -0.25) is 0 Å². The topological polar surface area (TPSA) is 66.0 Å². The first-order chi connectivity index (χ1) is 7.85. The monoisotopic (exact) mass is 218 g/mol.